The second-order valence-corrected chi connectivity index (χ2v) is 5.87. The molecule has 2 unspecified atom stereocenters. The first-order valence-corrected chi connectivity index (χ1v) is 7.01. The van der Waals surface area contributed by atoms with Crippen molar-refractivity contribution in [2.45, 2.75) is 57.7 Å². The second kappa shape index (κ2) is 4.97. The quantitative estimate of drug-likeness (QED) is 0.881. The molecule has 1 N–H and O–H groups in total. The van der Waals surface area contributed by atoms with Crippen LogP contribution in [-0.4, -0.2) is 40.2 Å². The Morgan fingerprint density at radius 1 is 1.33 bits per heavy atom. The third-order valence-electron chi connectivity index (χ3n) is 3.95. The molecular formula is C13H22N4O. The van der Waals surface area contributed by atoms with Crippen LogP contribution in [0.3, 0.4) is 0 Å². The van der Waals surface area contributed by atoms with Crippen LogP contribution >= 0.6 is 0 Å². The van der Waals surface area contributed by atoms with Gasteiger partial charge in [-0.1, -0.05) is 19.0 Å². The number of nitrogens with one attached hydrogen (secondary N) is 1. The van der Waals surface area contributed by atoms with Crippen molar-refractivity contribution in [2.75, 3.05) is 13.1 Å². The summed E-state index contributed by atoms with van der Waals surface area (Å²) in [6.45, 7) is 7.22. The first kappa shape index (κ1) is 12.1. The van der Waals surface area contributed by atoms with E-state index in [4.69, 9.17) is 4.52 Å². The largest absolute Gasteiger partial charge is 0.339 e. The van der Waals surface area contributed by atoms with E-state index >= 15 is 0 Å². The van der Waals surface area contributed by atoms with E-state index in [-0.39, 0.29) is 0 Å². The van der Waals surface area contributed by atoms with E-state index in [1.807, 2.05) is 0 Å². The van der Waals surface area contributed by atoms with Crippen molar-refractivity contribution in [2.24, 2.45) is 0 Å². The highest BCUT2D eigenvalue weighted by Crippen LogP contribution is 2.21. The lowest BCUT2D eigenvalue weighted by molar-refractivity contribution is 0.241. The Labute approximate surface area is 108 Å². The van der Waals surface area contributed by atoms with Crippen LogP contribution in [0.25, 0.3) is 0 Å². The topological polar surface area (TPSA) is 54.2 Å². The summed E-state index contributed by atoms with van der Waals surface area (Å²) in [7, 11) is 0. The van der Waals surface area contributed by atoms with Gasteiger partial charge in [-0.2, -0.15) is 4.98 Å². The predicted molar refractivity (Wildman–Crippen MR) is 68.2 cm³/mol. The minimum absolute atomic E-state index is 0.313. The fraction of sp³-hybridized carbons (Fsp3) is 0.846. The van der Waals surface area contributed by atoms with E-state index in [0.29, 0.717) is 12.0 Å². The number of aromatic nitrogens is 2. The first-order valence-electron chi connectivity index (χ1n) is 7.01. The van der Waals surface area contributed by atoms with Gasteiger partial charge < -0.3 is 9.84 Å². The van der Waals surface area contributed by atoms with E-state index in [0.717, 1.165) is 37.4 Å². The summed E-state index contributed by atoms with van der Waals surface area (Å²) in [4.78, 5) is 6.91. The third-order valence-corrected chi connectivity index (χ3v) is 3.95. The van der Waals surface area contributed by atoms with Crippen LogP contribution in [0, 0.1) is 0 Å². The number of likely N-dealkylation sites (tertiary alicyclic amines) is 1. The molecule has 0 aromatic carbocycles. The van der Waals surface area contributed by atoms with Gasteiger partial charge in [0.1, 0.15) is 0 Å². The van der Waals surface area contributed by atoms with Crippen molar-refractivity contribution in [3.63, 3.8) is 0 Å². The van der Waals surface area contributed by atoms with Crippen LogP contribution in [0.2, 0.25) is 0 Å². The summed E-state index contributed by atoms with van der Waals surface area (Å²) in [5.41, 5.74) is 0. The van der Waals surface area contributed by atoms with Gasteiger partial charge in [-0.15, -0.1) is 0 Å². The van der Waals surface area contributed by atoms with Crippen LogP contribution < -0.4 is 5.32 Å². The maximum absolute atomic E-state index is 5.26. The van der Waals surface area contributed by atoms with Crippen molar-refractivity contribution in [1.82, 2.24) is 20.4 Å². The Morgan fingerprint density at radius 2 is 2.17 bits per heavy atom. The number of rotatable bonds is 3. The molecule has 5 heteroatoms. The smallest absolute Gasteiger partial charge is 0.229 e. The van der Waals surface area contributed by atoms with Crippen molar-refractivity contribution < 1.29 is 4.52 Å². The minimum Gasteiger partial charge on any atom is -0.339 e. The molecule has 0 spiro atoms. The molecule has 2 aliphatic heterocycles. The molecule has 18 heavy (non-hydrogen) atoms. The normalized spacial score (nSPS) is 28.8. The second-order valence-electron chi connectivity index (χ2n) is 5.87. The van der Waals surface area contributed by atoms with Crippen molar-refractivity contribution in [3.8, 4) is 0 Å². The SMILES string of the molecule is CC(C)c1nc(CN2CCC3CCC(C2)N3)no1. The molecule has 5 nitrogen and oxygen atoms in total. The molecule has 1 aromatic rings. The van der Waals surface area contributed by atoms with Gasteiger partial charge in [-0.3, -0.25) is 4.90 Å². The highest BCUT2D eigenvalue weighted by atomic mass is 16.5. The van der Waals surface area contributed by atoms with Crippen molar-refractivity contribution in [1.29, 1.82) is 0 Å². The molecule has 0 radical (unpaired) electrons. The molecule has 0 amide bonds. The van der Waals surface area contributed by atoms with Crippen LogP contribution in [0.1, 0.15) is 50.7 Å². The molecule has 100 valence electrons. The summed E-state index contributed by atoms with van der Waals surface area (Å²) in [5.74, 6) is 1.89. The van der Waals surface area contributed by atoms with Crippen LogP contribution in [0.15, 0.2) is 4.52 Å². The number of fused-ring (bicyclic) bond motifs is 2. The maximum atomic E-state index is 5.26. The lowest BCUT2D eigenvalue weighted by atomic mass is 10.1. The van der Waals surface area contributed by atoms with Gasteiger partial charge in [0.25, 0.3) is 0 Å². The lowest BCUT2D eigenvalue weighted by Crippen LogP contribution is -2.35. The zero-order valence-electron chi connectivity index (χ0n) is 11.2. The van der Waals surface area contributed by atoms with E-state index in [2.05, 4.69) is 34.2 Å². The number of hydrogen-bond donors (Lipinski definition) is 1. The minimum atomic E-state index is 0.313. The lowest BCUT2D eigenvalue weighted by Gasteiger charge is -2.22. The summed E-state index contributed by atoms with van der Waals surface area (Å²) < 4.78 is 5.26. The maximum Gasteiger partial charge on any atom is 0.229 e. The summed E-state index contributed by atoms with van der Waals surface area (Å²) in [5, 5.41) is 7.76. The third kappa shape index (κ3) is 2.57. The molecule has 0 aliphatic carbocycles. The Kier molecular flexibility index (Phi) is 3.35. The molecule has 2 fully saturated rings. The van der Waals surface area contributed by atoms with Gasteiger partial charge in [-0.25, -0.2) is 0 Å². The van der Waals surface area contributed by atoms with Crippen molar-refractivity contribution >= 4 is 0 Å². The van der Waals surface area contributed by atoms with E-state index < -0.39 is 0 Å². The molecular weight excluding hydrogens is 228 g/mol. The number of nitrogens with zero attached hydrogens (tertiary/aromatic N) is 3. The van der Waals surface area contributed by atoms with Gasteiger partial charge in [0.2, 0.25) is 5.89 Å². The van der Waals surface area contributed by atoms with Gasteiger partial charge in [0, 0.05) is 31.1 Å². The summed E-state index contributed by atoms with van der Waals surface area (Å²) in [6, 6.07) is 1.39. The molecule has 2 atom stereocenters. The number of hydrogen-bond acceptors (Lipinski definition) is 5. The highest BCUT2D eigenvalue weighted by molar-refractivity contribution is 4.94. The fourth-order valence-electron chi connectivity index (χ4n) is 2.93. The zero-order valence-corrected chi connectivity index (χ0v) is 11.2. The fourth-order valence-corrected chi connectivity index (χ4v) is 2.93. The Morgan fingerprint density at radius 3 is 2.94 bits per heavy atom. The van der Waals surface area contributed by atoms with Crippen LogP contribution in [0.4, 0.5) is 0 Å². The molecule has 2 bridgehead atoms. The molecule has 1 aromatic heterocycles. The first-order chi connectivity index (χ1) is 8.70. The summed E-state index contributed by atoms with van der Waals surface area (Å²) >= 11 is 0. The Balaban J connectivity index is 1.61. The van der Waals surface area contributed by atoms with E-state index in [1.54, 1.807) is 0 Å². The van der Waals surface area contributed by atoms with Gasteiger partial charge >= 0.3 is 0 Å². The Hall–Kier alpha value is -0.940. The van der Waals surface area contributed by atoms with Crippen molar-refractivity contribution in [3.05, 3.63) is 11.7 Å². The predicted octanol–water partition coefficient (Wildman–Crippen LogP) is 1.52. The zero-order chi connectivity index (χ0) is 12.5. The average molecular weight is 250 g/mol. The van der Waals surface area contributed by atoms with Crippen LogP contribution in [-0.2, 0) is 6.54 Å². The molecule has 2 saturated heterocycles. The molecule has 2 aliphatic rings. The van der Waals surface area contributed by atoms with Gasteiger partial charge in [0.05, 0.1) is 6.54 Å². The average Bonchev–Trinajstić information content (AvgIpc) is 2.89. The van der Waals surface area contributed by atoms with Crippen LogP contribution in [0.5, 0.6) is 0 Å². The highest BCUT2D eigenvalue weighted by Gasteiger charge is 2.29. The molecule has 3 heterocycles. The van der Waals surface area contributed by atoms with Gasteiger partial charge in [-0.05, 0) is 19.3 Å². The molecule has 0 saturated carbocycles. The standard InChI is InChI=1S/C13H22N4O/c1-9(2)13-15-12(16-18-13)8-17-6-5-10-3-4-11(7-17)14-10/h9-11,14H,3-8H2,1-2H3. The van der Waals surface area contributed by atoms with Gasteiger partial charge in [0.15, 0.2) is 5.82 Å². The Bertz CT molecular complexity index is 403. The monoisotopic (exact) mass is 250 g/mol. The summed E-state index contributed by atoms with van der Waals surface area (Å²) in [6.07, 6.45) is 3.90. The van der Waals surface area contributed by atoms with E-state index in [9.17, 15) is 0 Å². The molecule has 3 rings (SSSR count). The van der Waals surface area contributed by atoms with E-state index in [1.165, 1.54) is 19.3 Å².